The zero-order chi connectivity index (χ0) is 12.0. The molecule has 0 amide bonds. The van der Waals surface area contributed by atoms with Gasteiger partial charge >= 0.3 is 0 Å². The minimum absolute atomic E-state index is 0.464. The highest BCUT2D eigenvalue weighted by Crippen LogP contribution is 2.14. The van der Waals surface area contributed by atoms with Crippen LogP contribution in [0.2, 0.25) is 0 Å². The zero-order valence-electron chi connectivity index (χ0n) is 9.98. The summed E-state index contributed by atoms with van der Waals surface area (Å²) in [5.41, 5.74) is 2.15. The Morgan fingerprint density at radius 3 is 2.50 bits per heavy atom. The number of rotatable bonds is 5. The number of benzene rings is 1. The second-order valence-corrected chi connectivity index (χ2v) is 3.96. The first-order valence-corrected chi connectivity index (χ1v) is 5.57. The smallest absolute Gasteiger partial charge is 0.0917 e. The third kappa shape index (κ3) is 3.69. The summed E-state index contributed by atoms with van der Waals surface area (Å²) in [6.45, 7) is 6.10. The Labute approximate surface area is 97.9 Å². The molecule has 16 heavy (non-hydrogen) atoms. The molecule has 0 aliphatic rings. The van der Waals surface area contributed by atoms with E-state index in [4.69, 9.17) is 6.42 Å². The van der Waals surface area contributed by atoms with Crippen LogP contribution in [0.5, 0.6) is 0 Å². The Bertz CT molecular complexity index is 350. The number of aliphatic hydroxyl groups is 1. The van der Waals surface area contributed by atoms with Crippen LogP contribution in [0, 0.1) is 19.3 Å². The highest BCUT2D eigenvalue weighted by molar-refractivity contribution is 5.23. The zero-order valence-corrected chi connectivity index (χ0v) is 9.98. The maximum absolute atomic E-state index is 10.0. The lowest BCUT2D eigenvalue weighted by atomic mass is 10.1. The maximum Gasteiger partial charge on any atom is 0.0917 e. The highest BCUT2D eigenvalue weighted by atomic mass is 16.3. The van der Waals surface area contributed by atoms with Crippen molar-refractivity contribution >= 4 is 0 Å². The fraction of sp³-hybridized carbons (Fsp3) is 0.429. The molecule has 1 rings (SSSR count). The van der Waals surface area contributed by atoms with Gasteiger partial charge in [0.25, 0.3) is 0 Å². The molecule has 0 aliphatic heterocycles. The van der Waals surface area contributed by atoms with Crippen molar-refractivity contribution in [2.75, 3.05) is 19.6 Å². The third-order valence-corrected chi connectivity index (χ3v) is 2.66. The normalized spacial score (nSPS) is 12.4. The first-order chi connectivity index (χ1) is 7.67. The van der Waals surface area contributed by atoms with Crippen molar-refractivity contribution in [3.63, 3.8) is 0 Å². The molecule has 0 aromatic heterocycles. The monoisotopic (exact) mass is 217 g/mol. The maximum atomic E-state index is 10.0. The molecule has 2 nitrogen and oxygen atoms in total. The number of aryl methyl sites for hydroxylation is 1. The van der Waals surface area contributed by atoms with Crippen molar-refractivity contribution < 1.29 is 5.11 Å². The second kappa shape index (κ2) is 6.32. The van der Waals surface area contributed by atoms with Gasteiger partial charge in [-0.05, 0) is 19.0 Å². The van der Waals surface area contributed by atoms with Crippen LogP contribution in [0.25, 0.3) is 0 Å². The number of terminal acetylenes is 1. The molecule has 86 valence electrons. The van der Waals surface area contributed by atoms with Crippen LogP contribution in [0.4, 0.5) is 0 Å². The minimum atomic E-state index is -0.464. The molecule has 1 unspecified atom stereocenters. The van der Waals surface area contributed by atoms with Crippen LogP contribution in [-0.4, -0.2) is 29.6 Å². The molecule has 1 aromatic rings. The topological polar surface area (TPSA) is 23.5 Å². The number of hydrogen-bond donors (Lipinski definition) is 1. The van der Waals surface area contributed by atoms with Crippen molar-refractivity contribution in [1.82, 2.24) is 4.90 Å². The fourth-order valence-corrected chi connectivity index (χ4v) is 1.57. The van der Waals surface area contributed by atoms with Gasteiger partial charge in [-0.25, -0.2) is 0 Å². The molecule has 0 fully saturated rings. The molecule has 0 heterocycles. The van der Waals surface area contributed by atoms with Crippen LogP contribution in [-0.2, 0) is 0 Å². The number of hydrogen-bond acceptors (Lipinski definition) is 2. The van der Waals surface area contributed by atoms with Gasteiger partial charge in [-0.1, -0.05) is 42.7 Å². The van der Waals surface area contributed by atoms with Gasteiger partial charge < -0.3 is 5.11 Å². The molecule has 0 aliphatic carbocycles. The van der Waals surface area contributed by atoms with Gasteiger partial charge in [0.15, 0.2) is 0 Å². The van der Waals surface area contributed by atoms with Crippen molar-refractivity contribution in [3.8, 4) is 12.3 Å². The van der Waals surface area contributed by atoms with Crippen molar-refractivity contribution in [1.29, 1.82) is 0 Å². The largest absolute Gasteiger partial charge is 0.387 e. The Hall–Kier alpha value is -1.30. The molecule has 2 heteroatoms. The lowest BCUT2D eigenvalue weighted by Crippen LogP contribution is -2.28. The summed E-state index contributed by atoms with van der Waals surface area (Å²) in [6.07, 6.45) is 4.80. The Kier molecular flexibility index (Phi) is 5.04. The predicted octanol–water partition coefficient (Wildman–Crippen LogP) is 1.98. The molecule has 1 N–H and O–H groups in total. The molecular weight excluding hydrogens is 198 g/mol. The number of aliphatic hydroxyl groups excluding tert-OH is 1. The van der Waals surface area contributed by atoms with Gasteiger partial charge in [0.05, 0.1) is 12.6 Å². The van der Waals surface area contributed by atoms with Crippen LogP contribution in [0.3, 0.4) is 0 Å². The van der Waals surface area contributed by atoms with Gasteiger partial charge in [-0.2, -0.15) is 0 Å². The summed E-state index contributed by atoms with van der Waals surface area (Å²) < 4.78 is 0. The molecule has 0 saturated carbocycles. The van der Waals surface area contributed by atoms with E-state index in [1.54, 1.807) is 0 Å². The van der Waals surface area contributed by atoms with E-state index >= 15 is 0 Å². The summed E-state index contributed by atoms with van der Waals surface area (Å²) in [4.78, 5) is 2.05. The predicted molar refractivity (Wildman–Crippen MR) is 67.1 cm³/mol. The van der Waals surface area contributed by atoms with Crippen molar-refractivity contribution in [2.24, 2.45) is 0 Å². The minimum Gasteiger partial charge on any atom is -0.387 e. The summed E-state index contributed by atoms with van der Waals surface area (Å²) >= 11 is 0. The van der Waals surface area contributed by atoms with E-state index in [-0.39, 0.29) is 0 Å². The SMILES string of the molecule is C#CCN(CC)CC(O)c1ccc(C)cc1. The van der Waals surface area contributed by atoms with E-state index in [1.165, 1.54) is 5.56 Å². The quantitative estimate of drug-likeness (QED) is 0.762. The van der Waals surface area contributed by atoms with Crippen LogP contribution >= 0.6 is 0 Å². The third-order valence-electron chi connectivity index (χ3n) is 2.66. The van der Waals surface area contributed by atoms with E-state index in [1.807, 2.05) is 43.0 Å². The van der Waals surface area contributed by atoms with Gasteiger partial charge in [-0.15, -0.1) is 6.42 Å². The first-order valence-electron chi connectivity index (χ1n) is 5.57. The van der Waals surface area contributed by atoms with Crippen LogP contribution in [0.15, 0.2) is 24.3 Å². The van der Waals surface area contributed by atoms with Gasteiger partial charge in [0, 0.05) is 6.54 Å². The van der Waals surface area contributed by atoms with Gasteiger partial charge in [0.2, 0.25) is 0 Å². The van der Waals surface area contributed by atoms with Crippen molar-refractivity contribution in [2.45, 2.75) is 20.0 Å². The second-order valence-electron chi connectivity index (χ2n) is 3.96. The standard InChI is InChI=1S/C14H19NO/c1-4-10-15(5-2)11-14(16)13-8-6-12(3)7-9-13/h1,6-9,14,16H,5,10-11H2,2-3H3. The Balaban J connectivity index is 2.60. The fourth-order valence-electron chi connectivity index (χ4n) is 1.57. The highest BCUT2D eigenvalue weighted by Gasteiger charge is 2.11. The number of nitrogens with zero attached hydrogens (tertiary/aromatic N) is 1. The van der Waals surface area contributed by atoms with Crippen LogP contribution in [0.1, 0.15) is 24.2 Å². The van der Waals surface area contributed by atoms with E-state index < -0.39 is 6.10 Å². The lowest BCUT2D eigenvalue weighted by molar-refractivity contribution is 0.123. The summed E-state index contributed by atoms with van der Waals surface area (Å²) in [6, 6.07) is 7.94. The molecule has 0 bridgehead atoms. The van der Waals surface area contributed by atoms with E-state index in [0.29, 0.717) is 13.1 Å². The average Bonchev–Trinajstić information content (AvgIpc) is 2.29. The van der Waals surface area contributed by atoms with Gasteiger partial charge in [0.1, 0.15) is 0 Å². The molecule has 0 radical (unpaired) electrons. The van der Waals surface area contributed by atoms with E-state index in [9.17, 15) is 5.11 Å². The molecule has 1 aromatic carbocycles. The van der Waals surface area contributed by atoms with Crippen molar-refractivity contribution in [3.05, 3.63) is 35.4 Å². The van der Waals surface area contributed by atoms with E-state index in [0.717, 1.165) is 12.1 Å². The van der Waals surface area contributed by atoms with E-state index in [2.05, 4.69) is 5.92 Å². The Morgan fingerprint density at radius 2 is 2.00 bits per heavy atom. The molecule has 0 saturated heterocycles. The average molecular weight is 217 g/mol. The molecular formula is C14H19NO. The Morgan fingerprint density at radius 1 is 1.38 bits per heavy atom. The summed E-state index contributed by atoms with van der Waals surface area (Å²) in [7, 11) is 0. The summed E-state index contributed by atoms with van der Waals surface area (Å²) in [5.74, 6) is 2.60. The lowest BCUT2D eigenvalue weighted by Gasteiger charge is -2.21. The molecule has 0 spiro atoms. The van der Waals surface area contributed by atoms with Gasteiger partial charge in [-0.3, -0.25) is 4.90 Å². The van der Waals surface area contributed by atoms with Crippen LogP contribution < -0.4 is 0 Å². The summed E-state index contributed by atoms with van der Waals surface area (Å²) in [5, 5.41) is 10.0. The first kappa shape index (κ1) is 12.8. The molecule has 1 atom stereocenters. The number of likely N-dealkylation sites (N-methyl/N-ethyl adjacent to an activating group) is 1.